The summed E-state index contributed by atoms with van der Waals surface area (Å²) in [6.45, 7) is 6.86. The molecule has 1 aliphatic heterocycles. The van der Waals surface area contributed by atoms with Gasteiger partial charge in [-0.1, -0.05) is 38.8 Å². The Morgan fingerprint density at radius 3 is 2.55 bits per heavy atom. The number of hydrogen-bond donors (Lipinski definition) is 1. The van der Waals surface area contributed by atoms with Gasteiger partial charge in [-0.25, -0.2) is 0 Å². The summed E-state index contributed by atoms with van der Waals surface area (Å²) in [7, 11) is 0. The summed E-state index contributed by atoms with van der Waals surface area (Å²) in [4.78, 5) is 2.55. The van der Waals surface area contributed by atoms with Gasteiger partial charge in [-0.15, -0.1) is 0 Å². The maximum Gasteiger partial charge on any atom is 0.0366 e. The van der Waals surface area contributed by atoms with Crippen LogP contribution in [-0.4, -0.2) is 13.1 Å². The van der Waals surface area contributed by atoms with Crippen LogP contribution in [0.1, 0.15) is 64.0 Å². The molecule has 1 fully saturated rings. The van der Waals surface area contributed by atoms with Gasteiger partial charge >= 0.3 is 0 Å². The number of rotatable bonds is 5. The van der Waals surface area contributed by atoms with E-state index in [0.29, 0.717) is 0 Å². The van der Waals surface area contributed by atoms with Crippen LogP contribution in [0.25, 0.3) is 0 Å². The van der Waals surface area contributed by atoms with Crippen molar-refractivity contribution in [1.29, 1.82) is 0 Å². The third kappa shape index (κ3) is 3.99. The highest BCUT2D eigenvalue weighted by Gasteiger charge is 2.16. The van der Waals surface area contributed by atoms with Crippen LogP contribution in [0.2, 0.25) is 0 Å². The van der Waals surface area contributed by atoms with E-state index in [0.717, 1.165) is 12.3 Å². The topological polar surface area (TPSA) is 29.3 Å². The lowest BCUT2D eigenvalue weighted by Crippen LogP contribution is -2.24. The van der Waals surface area contributed by atoms with Gasteiger partial charge in [0.25, 0.3) is 0 Å². The molecule has 112 valence electrons. The fourth-order valence-electron chi connectivity index (χ4n) is 3.29. The van der Waals surface area contributed by atoms with E-state index in [1.165, 1.54) is 56.4 Å². The van der Waals surface area contributed by atoms with Crippen LogP contribution in [0.15, 0.2) is 24.3 Å². The Balaban J connectivity index is 1.97. The lowest BCUT2D eigenvalue weighted by Gasteiger charge is -2.23. The Kier molecular flexibility index (Phi) is 5.90. The van der Waals surface area contributed by atoms with Gasteiger partial charge in [-0.05, 0) is 49.3 Å². The van der Waals surface area contributed by atoms with Crippen molar-refractivity contribution in [3.63, 3.8) is 0 Å². The van der Waals surface area contributed by atoms with E-state index in [1.807, 2.05) is 0 Å². The van der Waals surface area contributed by atoms with E-state index in [2.05, 4.69) is 43.0 Å². The van der Waals surface area contributed by atoms with Crippen molar-refractivity contribution in [1.82, 2.24) is 0 Å². The first kappa shape index (κ1) is 15.4. The summed E-state index contributed by atoms with van der Waals surface area (Å²) in [6.07, 6.45) is 7.82. The molecule has 1 aliphatic rings. The molecule has 1 aromatic rings. The van der Waals surface area contributed by atoms with Gasteiger partial charge in [0.2, 0.25) is 0 Å². The molecular weight excluding hydrogens is 244 g/mol. The van der Waals surface area contributed by atoms with Crippen LogP contribution in [0.3, 0.4) is 0 Å². The first-order valence-corrected chi connectivity index (χ1v) is 8.35. The normalized spacial score (nSPS) is 21.6. The largest absolute Gasteiger partial charge is 0.372 e. The minimum absolute atomic E-state index is 0.183. The summed E-state index contributed by atoms with van der Waals surface area (Å²) in [5.41, 5.74) is 8.71. The predicted molar refractivity (Wildman–Crippen MR) is 88.1 cm³/mol. The molecular formula is C18H30N2. The molecule has 2 unspecified atom stereocenters. The van der Waals surface area contributed by atoms with Crippen LogP contribution in [0, 0.1) is 5.92 Å². The van der Waals surface area contributed by atoms with Crippen LogP contribution in [0.5, 0.6) is 0 Å². The van der Waals surface area contributed by atoms with E-state index >= 15 is 0 Å². The predicted octanol–water partition coefficient (Wildman–Crippen LogP) is 4.50. The number of benzene rings is 1. The first-order valence-electron chi connectivity index (χ1n) is 8.35. The van der Waals surface area contributed by atoms with Crippen molar-refractivity contribution < 1.29 is 0 Å². The summed E-state index contributed by atoms with van der Waals surface area (Å²) in [5.74, 6) is 0.942. The van der Waals surface area contributed by atoms with Gasteiger partial charge in [0.15, 0.2) is 0 Å². The Bertz CT molecular complexity index is 385. The summed E-state index contributed by atoms with van der Waals surface area (Å²) < 4.78 is 0. The SMILES string of the molecule is CCCC1CCCN(c2ccc(C(N)CC)cc2)CC1. The standard InChI is InChI=1S/C18H30N2/c1-3-6-15-7-5-13-20(14-12-15)17-10-8-16(9-11-17)18(19)4-2/h8-11,15,18H,3-7,12-14,19H2,1-2H3. The highest BCUT2D eigenvalue weighted by Crippen LogP contribution is 2.26. The molecule has 1 saturated heterocycles. The van der Waals surface area contributed by atoms with Gasteiger partial charge in [0.1, 0.15) is 0 Å². The summed E-state index contributed by atoms with van der Waals surface area (Å²) in [5, 5.41) is 0. The molecule has 0 aromatic heterocycles. The molecule has 2 heteroatoms. The molecule has 1 heterocycles. The molecule has 0 saturated carbocycles. The van der Waals surface area contributed by atoms with E-state index in [1.54, 1.807) is 0 Å². The second kappa shape index (κ2) is 7.68. The number of nitrogens with two attached hydrogens (primary N) is 1. The molecule has 2 nitrogen and oxygen atoms in total. The monoisotopic (exact) mass is 274 g/mol. The maximum absolute atomic E-state index is 6.09. The molecule has 1 aromatic carbocycles. The zero-order valence-corrected chi connectivity index (χ0v) is 13.1. The second-order valence-corrected chi connectivity index (χ2v) is 6.18. The highest BCUT2D eigenvalue weighted by molar-refractivity contribution is 5.48. The third-order valence-electron chi connectivity index (χ3n) is 4.67. The van der Waals surface area contributed by atoms with E-state index in [-0.39, 0.29) is 6.04 Å². The first-order chi connectivity index (χ1) is 9.74. The average molecular weight is 274 g/mol. The molecule has 0 amide bonds. The van der Waals surface area contributed by atoms with Crippen LogP contribution in [0.4, 0.5) is 5.69 Å². The third-order valence-corrected chi connectivity index (χ3v) is 4.67. The minimum Gasteiger partial charge on any atom is -0.372 e. The van der Waals surface area contributed by atoms with Gasteiger partial charge in [-0.3, -0.25) is 0 Å². The van der Waals surface area contributed by atoms with Crippen molar-refractivity contribution in [3.8, 4) is 0 Å². The minimum atomic E-state index is 0.183. The van der Waals surface area contributed by atoms with Gasteiger partial charge in [0, 0.05) is 24.8 Å². The molecule has 20 heavy (non-hydrogen) atoms. The smallest absolute Gasteiger partial charge is 0.0366 e. The van der Waals surface area contributed by atoms with Crippen molar-refractivity contribution in [3.05, 3.63) is 29.8 Å². The average Bonchev–Trinajstić information content (AvgIpc) is 2.73. The zero-order valence-electron chi connectivity index (χ0n) is 13.1. The zero-order chi connectivity index (χ0) is 14.4. The van der Waals surface area contributed by atoms with Crippen molar-refractivity contribution in [2.75, 3.05) is 18.0 Å². The molecule has 2 atom stereocenters. The maximum atomic E-state index is 6.09. The Labute approximate surface area is 124 Å². The number of nitrogens with zero attached hydrogens (tertiary/aromatic N) is 1. The molecule has 2 rings (SSSR count). The quantitative estimate of drug-likeness (QED) is 0.856. The van der Waals surface area contributed by atoms with Crippen LogP contribution in [-0.2, 0) is 0 Å². The Morgan fingerprint density at radius 1 is 1.15 bits per heavy atom. The van der Waals surface area contributed by atoms with E-state index in [4.69, 9.17) is 5.73 Å². The van der Waals surface area contributed by atoms with Crippen LogP contribution >= 0.6 is 0 Å². The van der Waals surface area contributed by atoms with Crippen molar-refractivity contribution in [2.45, 2.75) is 58.4 Å². The molecule has 0 radical (unpaired) electrons. The highest BCUT2D eigenvalue weighted by atomic mass is 15.1. The molecule has 0 spiro atoms. The lowest BCUT2D eigenvalue weighted by molar-refractivity contribution is 0.435. The van der Waals surface area contributed by atoms with Crippen molar-refractivity contribution in [2.24, 2.45) is 11.7 Å². The van der Waals surface area contributed by atoms with Crippen LogP contribution < -0.4 is 10.6 Å². The van der Waals surface area contributed by atoms with Gasteiger partial charge in [0.05, 0.1) is 0 Å². The Morgan fingerprint density at radius 2 is 1.90 bits per heavy atom. The van der Waals surface area contributed by atoms with E-state index < -0.39 is 0 Å². The number of hydrogen-bond acceptors (Lipinski definition) is 2. The lowest BCUT2D eigenvalue weighted by atomic mass is 9.96. The molecule has 0 bridgehead atoms. The number of anilines is 1. The Hall–Kier alpha value is -1.02. The van der Waals surface area contributed by atoms with Gasteiger partial charge < -0.3 is 10.6 Å². The van der Waals surface area contributed by atoms with Gasteiger partial charge in [-0.2, -0.15) is 0 Å². The summed E-state index contributed by atoms with van der Waals surface area (Å²) >= 11 is 0. The fourth-order valence-corrected chi connectivity index (χ4v) is 3.29. The fraction of sp³-hybridized carbons (Fsp3) is 0.667. The molecule has 2 N–H and O–H groups in total. The second-order valence-electron chi connectivity index (χ2n) is 6.18. The van der Waals surface area contributed by atoms with E-state index in [9.17, 15) is 0 Å². The van der Waals surface area contributed by atoms with Crippen molar-refractivity contribution >= 4 is 5.69 Å². The molecule has 0 aliphatic carbocycles. The summed E-state index contributed by atoms with van der Waals surface area (Å²) in [6, 6.07) is 9.10.